The summed E-state index contributed by atoms with van der Waals surface area (Å²) in [7, 11) is -3.72. The van der Waals surface area contributed by atoms with Crippen LogP contribution in [0.15, 0.2) is 33.1 Å². The molecular formula is C11H11BrN2O3S2. The number of hydrogen-bond acceptors (Lipinski definition) is 5. The molecule has 0 spiro atoms. The molecule has 0 bridgehead atoms. The quantitative estimate of drug-likeness (QED) is 0.875. The molecule has 0 saturated heterocycles. The third-order valence-corrected chi connectivity index (χ3v) is 5.73. The Labute approximate surface area is 123 Å². The number of thiophene rings is 1. The lowest BCUT2D eigenvalue weighted by Gasteiger charge is -2.08. The van der Waals surface area contributed by atoms with Gasteiger partial charge in [0.15, 0.2) is 0 Å². The number of sulfonamides is 1. The number of aromatic nitrogens is 1. The maximum absolute atomic E-state index is 12.2. The van der Waals surface area contributed by atoms with E-state index in [1.807, 2.05) is 6.92 Å². The fourth-order valence-electron chi connectivity index (χ4n) is 1.47. The van der Waals surface area contributed by atoms with Gasteiger partial charge in [-0.2, -0.15) is 0 Å². The number of aryl methyl sites for hydroxylation is 1. The second kappa shape index (κ2) is 5.58. The molecule has 0 saturated carbocycles. The van der Waals surface area contributed by atoms with Crippen LogP contribution in [0.4, 0.5) is 5.82 Å². The highest BCUT2D eigenvalue weighted by Crippen LogP contribution is 2.25. The van der Waals surface area contributed by atoms with Crippen LogP contribution >= 0.6 is 27.3 Å². The Hall–Kier alpha value is -0.960. The topological polar surface area (TPSA) is 79.3 Å². The van der Waals surface area contributed by atoms with Crippen molar-refractivity contribution in [2.75, 3.05) is 4.72 Å². The highest BCUT2D eigenvalue weighted by atomic mass is 79.9. The van der Waals surface area contributed by atoms with Gasteiger partial charge >= 0.3 is 0 Å². The molecule has 2 N–H and O–H groups in total. The molecule has 5 nitrogen and oxygen atoms in total. The van der Waals surface area contributed by atoms with Gasteiger partial charge in [0.05, 0.1) is 11.5 Å². The predicted molar refractivity (Wildman–Crippen MR) is 77.7 cm³/mol. The molecule has 2 rings (SSSR count). The van der Waals surface area contributed by atoms with Crippen molar-refractivity contribution in [2.45, 2.75) is 18.4 Å². The molecule has 0 atom stereocenters. The zero-order valence-electron chi connectivity index (χ0n) is 9.92. The minimum Gasteiger partial charge on any atom is -0.391 e. The van der Waals surface area contributed by atoms with Crippen molar-refractivity contribution in [1.29, 1.82) is 0 Å². The molecule has 2 aromatic heterocycles. The van der Waals surface area contributed by atoms with Gasteiger partial charge in [0.1, 0.15) is 10.7 Å². The summed E-state index contributed by atoms with van der Waals surface area (Å²) in [5, 5.41) is 10.7. The zero-order chi connectivity index (χ0) is 14.0. The number of anilines is 1. The first-order valence-electron chi connectivity index (χ1n) is 5.26. The van der Waals surface area contributed by atoms with Crippen LogP contribution in [0.25, 0.3) is 0 Å². The highest BCUT2D eigenvalue weighted by molar-refractivity contribution is 9.10. The van der Waals surface area contributed by atoms with Gasteiger partial charge < -0.3 is 5.11 Å². The molecule has 0 aliphatic heterocycles. The van der Waals surface area contributed by atoms with Crippen LogP contribution < -0.4 is 4.72 Å². The van der Waals surface area contributed by atoms with Crippen LogP contribution in [-0.2, 0) is 16.6 Å². The van der Waals surface area contributed by atoms with Gasteiger partial charge in [-0.15, -0.1) is 11.3 Å². The fourth-order valence-corrected chi connectivity index (χ4v) is 3.98. The summed E-state index contributed by atoms with van der Waals surface area (Å²) in [6, 6.07) is 3.09. The largest absolute Gasteiger partial charge is 0.391 e. The van der Waals surface area contributed by atoms with E-state index >= 15 is 0 Å². The van der Waals surface area contributed by atoms with Gasteiger partial charge in [0, 0.05) is 10.7 Å². The van der Waals surface area contributed by atoms with E-state index in [4.69, 9.17) is 5.11 Å². The summed E-state index contributed by atoms with van der Waals surface area (Å²) in [4.78, 5) is 4.48. The number of nitrogens with zero attached hydrogens (tertiary/aromatic N) is 1. The summed E-state index contributed by atoms with van der Waals surface area (Å²) < 4.78 is 27.5. The SMILES string of the molecule is Cc1cc(NS(=O)(=O)c2ccsc2CO)ncc1Br. The van der Waals surface area contributed by atoms with Gasteiger partial charge in [-0.3, -0.25) is 4.72 Å². The molecule has 2 heterocycles. The Kier molecular flexibility index (Phi) is 4.24. The normalized spacial score (nSPS) is 11.5. The minimum atomic E-state index is -3.72. The standard InChI is InChI=1S/C11H11BrN2O3S2/c1-7-4-11(13-5-8(7)12)14-19(16,17)10-2-3-18-9(10)6-15/h2-5,15H,6H2,1H3,(H,13,14). The second-order valence-corrected chi connectivity index (χ2v) is 7.30. The van der Waals surface area contributed by atoms with Gasteiger partial charge in [0.25, 0.3) is 10.0 Å². The van der Waals surface area contributed by atoms with Crippen LogP contribution in [0, 0.1) is 6.92 Å². The first kappa shape index (κ1) is 14.4. The lowest BCUT2D eigenvalue weighted by atomic mass is 10.3. The molecule has 0 aliphatic carbocycles. The van der Waals surface area contributed by atoms with Crippen molar-refractivity contribution in [3.63, 3.8) is 0 Å². The number of nitrogens with one attached hydrogen (secondary N) is 1. The number of pyridine rings is 1. The van der Waals surface area contributed by atoms with Gasteiger partial charge in [-0.05, 0) is 45.9 Å². The van der Waals surface area contributed by atoms with E-state index in [0.717, 1.165) is 10.0 Å². The van der Waals surface area contributed by atoms with Crippen molar-refractivity contribution in [1.82, 2.24) is 4.98 Å². The number of rotatable bonds is 4. The average molecular weight is 363 g/mol. The average Bonchev–Trinajstić information content (AvgIpc) is 2.82. The number of halogens is 1. The van der Waals surface area contributed by atoms with E-state index in [-0.39, 0.29) is 17.3 Å². The molecule has 2 aromatic rings. The third kappa shape index (κ3) is 3.14. The van der Waals surface area contributed by atoms with Crippen LogP contribution in [0.2, 0.25) is 0 Å². The van der Waals surface area contributed by atoms with E-state index in [9.17, 15) is 8.42 Å². The third-order valence-electron chi connectivity index (χ3n) is 2.42. The Morgan fingerprint density at radius 3 is 2.89 bits per heavy atom. The van der Waals surface area contributed by atoms with E-state index in [1.54, 1.807) is 11.4 Å². The van der Waals surface area contributed by atoms with E-state index in [2.05, 4.69) is 25.6 Å². The van der Waals surface area contributed by atoms with Crippen molar-refractivity contribution in [2.24, 2.45) is 0 Å². The molecule has 8 heteroatoms. The Bertz CT molecular complexity index is 698. The Balaban J connectivity index is 2.34. The van der Waals surface area contributed by atoms with Crippen LogP contribution in [-0.4, -0.2) is 18.5 Å². The maximum atomic E-state index is 12.2. The summed E-state index contributed by atoms with van der Waals surface area (Å²) >= 11 is 4.49. The van der Waals surface area contributed by atoms with Crippen molar-refractivity contribution in [3.05, 3.63) is 38.6 Å². The number of hydrogen-bond donors (Lipinski definition) is 2. The van der Waals surface area contributed by atoms with Crippen molar-refractivity contribution < 1.29 is 13.5 Å². The molecule has 102 valence electrons. The fraction of sp³-hybridized carbons (Fsp3) is 0.182. The summed E-state index contributed by atoms with van der Waals surface area (Å²) in [6.45, 7) is 1.54. The number of aliphatic hydroxyl groups is 1. The summed E-state index contributed by atoms with van der Waals surface area (Å²) in [6.07, 6.45) is 1.54. The smallest absolute Gasteiger partial charge is 0.264 e. The first-order valence-corrected chi connectivity index (χ1v) is 8.42. The first-order chi connectivity index (χ1) is 8.94. The molecule has 0 radical (unpaired) electrons. The summed E-state index contributed by atoms with van der Waals surface area (Å²) in [5.74, 6) is 0.246. The van der Waals surface area contributed by atoms with Gasteiger partial charge in [-0.25, -0.2) is 13.4 Å². The molecule has 0 amide bonds. The van der Waals surface area contributed by atoms with E-state index in [0.29, 0.717) is 4.88 Å². The summed E-state index contributed by atoms with van der Waals surface area (Å²) in [5.41, 5.74) is 0.875. The minimum absolute atomic E-state index is 0.0855. The van der Waals surface area contributed by atoms with Crippen molar-refractivity contribution >= 4 is 43.1 Å². The van der Waals surface area contributed by atoms with E-state index in [1.165, 1.54) is 23.6 Å². The van der Waals surface area contributed by atoms with Crippen molar-refractivity contribution in [3.8, 4) is 0 Å². The van der Waals surface area contributed by atoms with E-state index < -0.39 is 10.0 Å². The predicted octanol–water partition coefficient (Wildman–Crippen LogP) is 2.51. The Morgan fingerprint density at radius 1 is 1.53 bits per heavy atom. The van der Waals surface area contributed by atoms with Crippen LogP contribution in [0.3, 0.4) is 0 Å². The maximum Gasteiger partial charge on any atom is 0.264 e. The van der Waals surface area contributed by atoms with Gasteiger partial charge in [0.2, 0.25) is 0 Å². The molecule has 0 fully saturated rings. The molecular weight excluding hydrogens is 352 g/mol. The molecule has 0 aromatic carbocycles. The molecule has 19 heavy (non-hydrogen) atoms. The Morgan fingerprint density at radius 2 is 2.26 bits per heavy atom. The van der Waals surface area contributed by atoms with Crippen LogP contribution in [0.5, 0.6) is 0 Å². The molecule has 0 aliphatic rings. The monoisotopic (exact) mass is 362 g/mol. The lowest BCUT2D eigenvalue weighted by molar-refractivity contribution is 0.282. The molecule has 0 unspecified atom stereocenters. The zero-order valence-corrected chi connectivity index (χ0v) is 13.1. The van der Waals surface area contributed by atoms with Crippen LogP contribution in [0.1, 0.15) is 10.4 Å². The number of aliphatic hydroxyl groups excluding tert-OH is 1. The highest BCUT2D eigenvalue weighted by Gasteiger charge is 2.20. The second-order valence-electron chi connectivity index (χ2n) is 3.79. The lowest BCUT2D eigenvalue weighted by Crippen LogP contribution is -2.14. The van der Waals surface area contributed by atoms with Gasteiger partial charge in [-0.1, -0.05) is 0 Å².